The van der Waals surface area contributed by atoms with Crippen LogP contribution in [-0.2, 0) is 16.0 Å². The third-order valence-corrected chi connectivity index (χ3v) is 4.99. The Kier molecular flexibility index (Phi) is 5.57. The molecular formula is C26H20O4. The quantitative estimate of drug-likeness (QED) is 0.446. The van der Waals surface area contributed by atoms with Crippen molar-refractivity contribution in [1.29, 1.82) is 0 Å². The fraction of sp³-hybridized carbons (Fsp3) is 0.0769. The van der Waals surface area contributed by atoms with Gasteiger partial charge in [0.2, 0.25) is 6.10 Å². The smallest absolute Gasteiger partial charge is 0.345 e. The number of carbonyl (C=O) groups is 2. The van der Waals surface area contributed by atoms with Crippen LogP contribution in [-0.4, -0.2) is 23.1 Å². The minimum absolute atomic E-state index is 0.105. The molecule has 0 amide bonds. The molecule has 0 unspecified atom stereocenters. The van der Waals surface area contributed by atoms with E-state index in [1.165, 1.54) is 0 Å². The molecule has 4 aromatic carbocycles. The zero-order valence-electron chi connectivity index (χ0n) is 16.2. The lowest BCUT2D eigenvalue weighted by Gasteiger charge is -2.14. The van der Waals surface area contributed by atoms with E-state index in [4.69, 9.17) is 4.74 Å². The molecule has 30 heavy (non-hydrogen) atoms. The number of ether oxygens (including phenoxy) is 1. The van der Waals surface area contributed by atoms with Gasteiger partial charge in [-0.3, -0.25) is 0 Å². The van der Waals surface area contributed by atoms with Gasteiger partial charge in [-0.05, 0) is 39.6 Å². The van der Waals surface area contributed by atoms with Crippen molar-refractivity contribution >= 4 is 22.7 Å². The summed E-state index contributed by atoms with van der Waals surface area (Å²) in [6.45, 7) is 0. The Hall–Kier alpha value is -3.92. The zero-order valence-corrected chi connectivity index (χ0v) is 16.2. The van der Waals surface area contributed by atoms with E-state index in [1.807, 2.05) is 84.9 Å². The molecule has 0 heterocycles. The summed E-state index contributed by atoms with van der Waals surface area (Å²) in [5.74, 6) is -1.82. The fourth-order valence-electron chi connectivity index (χ4n) is 3.39. The van der Waals surface area contributed by atoms with E-state index in [0.717, 1.165) is 27.5 Å². The van der Waals surface area contributed by atoms with Gasteiger partial charge in [-0.15, -0.1) is 0 Å². The Morgan fingerprint density at radius 2 is 1.37 bits per heavy atom. The molecule has 4 heteroatoms. The highest BCUT2D eigenvalue weighted by atomic mass is 16.6. The van der Waals surface area contributed by atoms with Gasteiger partial charge in [0, 0.05) is 6.42 Å². The Labute approximate surface area is 174 Å². The maximum atomic E-state index is 12.5. The minimum atomic E-state index is -1.26. The Balaban J connectivity index is 1.48. The molecule has 4 rings (SSSR count). The van der Waals surface area contributed by atoms with Crippen LogP contribution < -0.4 is 0 Å². The first-order valence-corrected chi connectivity index (χ1v) is 9.67. The number of aliphatic carboxylic acids is 1. The second-order valence-corrected chi connectivity index (χ2v) is 7.06. The van der Waals surface area contributed by atoms with Crippen molar-refractivity contribution in [2.75, 3.05) is 0 Å². The van der Waals surface area contributed by atoms with Crippen LogP contribution in [0.1, 0.15) is 15.9 Å². The second-order valence-electron chi connectivity index (χ2n) is 7.06. The van der Waals surface area contributed by atoms with Crippen LogP contribution in [0.15, 0.2) is 97.1 Å². The molecule has 0 bridgehead atoms. The maximum absolute atomic E-state index is 12.5. The predicted molar refractivity (Wildman–Crippen MR) is 116 cm³/mol. The largest absolute Gasteiger partial charge is 0.478 e. The van der Waals surface area contributed by atoms with Crippen LogP contribution in [0.2, 0.25) is 0 Å². The standard InChI is InChI=1S/C26H20O4/c27-25(28)24(17-18-10-11-20-8-4-5-9-23(20)16-18)30-26(29)22-14-12-21(13-15-22)19-6-2-1-3-7-19/h1-16,24H,17H2,(H,27,28)/t24-/m1/s1. The SMILES string of the molecule is O=C(O[C@H](Cc1ccc2ccccc2c1)C(=O)O)c1ccc(-c2ccccc2)cc1. The van der Waals surface area contributed by atoms with E-state index in [0.29, 0.717) is 5.56 Å². The molecule has 0 spiro atoms. The monoisotopic (exact) mass is 396 g/mol. The van der Waals surface area contributed by atoms with Gasteiger partial charge in [0.15, 0.2) is 0 Å². The first-order valence-electron chi connectivity index (χ1n) is 9.67. The summed E-state index contributed by atoms with van der Waals surface area (Å²) >= 11 is 0. The normalized spacial score (nSPS) is 11.7. The van der Waals surface area contributed by atoms with Crippen LogP contribution in [0.5, 0.6) is 0 Å². The molecule has 4 aromatic rings. The van der Waals surface area contributed by atoms with E-state index in [1.54, 1.807) is 12.1 Å². The lowest BCUT2D eigenvalue weighted by Crippen LogP contribution is -2.29. The fourth-order valence-corrected chi connectivity index (χ4v) is 3.39. The lowest BCUT2D eigenvalue weighted by molar-refractivity contribution is -0.147. The van der Waals surface area contributed by atoms with E-state index < -0.39 is 18.0 Å². The predicted octanol–water partition coefficient (Wildman–Crippen LogP) is 5.36. The molecule has 0 aromatic heterocycles. The van der Waals surface area contributed by atoms with Gasteiger partial charge in [0.05, 0.1) is 5.56 Å². The third kappa shape index (κ3) is 4.39. The van der Waals surface area contributed by atoms with Crippen molar-refractivity contribution < 1.29 is 19.4 Å². The summed E-state index contributed by atoms with van der Waals surface area (Å²) in [5.41, 5.74) is 3.13. The number of hydrogen-bond donors (Lipinski definition) is 1. The summed E-state index contributed by atoms with van der Waals surface area (Å²) in [6, 6.07) is 30.3. The summed E-state index contributed by atoms with van der Waals surface area (Å²) in [4.78, 5) is 24.2. The molecule has 1 atom stereocenters. The van der Waals surface area contributed by atoms with Gasteiger partial charge in [-0.2, -0.15) is 0 Å². The number of carbonyl (C=O) groups excluding carboxylic acids is 1. The van der Waals surface area contributed by atoms with Crippen LogP contribution in [0.4, 0.5) is 0 Å². The van der Waals surface area contributed by atoms with E-state index >= 15 is 0 Å². The molecule has 0 radical (unpaired) electrons. The highest BCUT2D eigenvalue weighted by Gasteiger charge is 2.23. The first-order chi connectivity index (χ1) is 14.6. The topological polar surface area (TPSA) is 63.6 Å². The molecule has 1 N–H and O–H groups in total. The second kappa shape index (κ2) is 8.62. The van der Waals surface area contributed by atoms with Gasteiger partial charge in [0.1, 0.15) is 0 Å². The summed E-state index contributed by atoms with van der Waals surface area (Å²) in [6.07, 6.45) is -1.15. The van der Waals surface area contributed by atoms with Crippen molar-refractivity contribution in [3.63, 3.8) is 0 Å². The van der Waals surface area contributed by atoms with Gasteiger partial charge >= 0.3 is 11.9 Å². The first kappa shape index (κ1) is 19.4. The highest BCUT2D eigenvalue weighted by Crippen LogP contribution is 2.21. The molecule has 148 valence electrons. The third-order valence-electron chi connectivity index (χ3n) is 4.99. The molecule has 0 aliphatic carbocycles. The molecule has 0 aliphatic heterocycles. The molecule has 0 fully saturated rings. The van der Waals surface area contributed by atoms with Gasteiger partial charge in [-0.1, -0.05) is 84.9 Å². The van der Waals surface area contributed by atoms with Crippen LogP contribution >= 0.6 is 0 Å². The molecular weight excluding hydrogens is 376 g/mol. The van der Waals surface area contributed by atoms with Crippen molar-refractivity contribution in [1.82, 2.24) is 0 Å². The maximum Gasteiger partial charge on any atom is 0.345 e. The molecule has 4 nitrogen and oxygen atoms in total. The van der Waals surface area contributed by atoms with Crippen LogP contribution in [0, 0.1) is 0 Å². The lowest BCUT2D eigenvalue weighted by atomic mass is 10.0. The summed E-state index contributed by atoms with van der Waals surface area (Å²) in [5, 5.41) is 11.6. The summed E-state index contributed by atoms with van der Waals surface area (Å²) in [7, 11) is 0. The number of rotatable bonds is 6. The Bertz CT molecular complexity index is 1180. The highest BCUT2D eigenvalue weighted by molar-refractivity contribution is 5.92. The summed E-state index contributed by atoms with van der Waals surface area (Å²) < 4.78 is 5.32. The van der Waals surface area contributed by atoms with Crippen LogP contribution in [0.25, 0.3) is 21.9 Å². The average molecular weight is 396 g/mol. The Morgan fingerprint density at radius 3 is 2.07 bits per heavy atom. The van der Waals surface area contributed by atoms with Crippen LogP contribution in [0.3, 0.4) is 0 Å². The van der Waals surface area contributed by atoms with E-state index in [9.17, 15) is 14.7 Å². The molecule has 0 saturated carbocycles. The number of benzene rings is 4. The van der Waals surface area contributed by atoms with Gasteiger partial charge in [0.25, 0.3) is 0 Å². The number of carboxylic acid groups (broad SMARTS) is 1. The van der Waals surface area contributed by atoms with Crippen molar-refractivity contribution in [2.45, 2.75) is 12.5 Å². The number of fused-ring (bicyclic) bond motifs is 1. The van der Waals surface area contributed by atoms with Crippen molar-refractivity contribution in [3.05, 3.63) is 108 Å². The van der Waals surface area contributed by atoms with Gasteiger partial charge < -0.3 is 9.84 Å². The molecule has 0 aliphatic rings. The van der Waals surface area contributed by atoms with E-state index in [2.05, 4.69) is 0 Å². The average Bonchev–Trinajstić information content (AvgIpc) is 2.79. The van der Waals surface area contributed by atoms with E-state index in [-0.39, 0.29) is 6.42 Å². The number of hydrogen-bond acceptors (Lipinski definition) is 3. The number of carboxylic acids is 1. The van der Waals surface area contributed by atoms with Crippen molar-refractivity contribution in [3.8, 4) is 11.1 Å². The zero-order chi connectivity index (χ0) is 20.9. The number of esters is 1. The minimum Gasteiger partial charge on any atom is -0.478 e. The van der Waals surface area contributed by atoms with Crippen molar-refractivity contribution in [2.24, 2.45) is 0 Å². The van der Waals surface area contributed by atoms with Gasteiger partial charge in [-0.25, -0.2) is 9.59 Å². The molecule has 0 saturated heterocycles. The Morgan fingerprint density at radius 1 is 0.733 bits per heavy atom.